The summed E-state index contributed by atoms with van der Waals surface area (Å²) in [5.74, 6) is -1.79. The van der Waals surface area contributed by atoms with Crippen molar-refractivity contribution in [3.63, 3.8) is 0 Å². The van der Waals surface area contributed by atoms with Crippen LogP contribution in [-0.2, 0) is 16.1 Å². The third kappa shape index (κ3) is 5.50. The van der Waals surface area contributed by atoms with Crippen LogP contribution in [0.2, 0.25) is 5.02 Å². The number of hydrogen-bond donors (Lipinski definition) is 3. The molecule has 0 aliphatic heterocycles. The van der Waals surface area contributed by atoms with Crippen molar-refractivity contribution in [3.05, 3.63) is 63.4 Å². The fourth-order valence-corrected chi connectivity index (χ4v) is 2.30. The Kier molecular flexibility index (Phi) is 6.59. The van der Waals surface area contributed by atoms with E-state index in [0.717, 1.165) is 11.6 Å². The average molecular weight is 379 g/mol. The maximum Gasteiger partial charge on any atom is 0.321 e. The summed E-state index contributed by atoms with van der Waals surface area (Å²) in [6.45, 7) is 0.227. The molecule has 0 bridgehead atoms. The van der Waals surface area contributed by atoms with Crippen LogP contribution in [0.25, 0.3) is 0 Å². The number of nitro groups is 1. The molecule has 0 saturated heterocycles. The van der Waals surface area contributed by atoms with Gasteiger partial charge < -0.3 is 10.4 Å². The SMILES string of the molecule is O=C(CC(NCc1cccnc1)C(=O)O)Nc1ccc(Cl)c([N+](=O)[O-])c1. The maximum absolute atomic E-state index is 12.1. The van der Waals surface area contributed by atoms with Gasteiger partial charge in [-0.15, -0.1) is 0 Å². The second kappa shape index (κ2) is 8.88. The molecule has 136 valence electrons. The molecule has 0 spiro atoms. The summed E-state index contributed by atoms with van der Waals surface area (Å²) in [4.78, 5) is 37.5. The highest BCUT2D eigenvalue weighted by Gasteiger charge is 2.21. The van der Waals surface area contributed by atoms with Crippen LogP contribution in [0.15, 0.2) is 42.7 Å². The van der Waals surface area contributed by atoms with Crippen molar-refractivity contribution in [1.29, 1.82) is 0 Å². The van der Waals surface area contributed by atoms with Gasteiger partial charge in [0.25, 0.3) is 5.69 Å². The molecule has 0 saturated carbocycles. The Bertz CT molecular complexity index is 816. The van der Waals surface area contributed by atoms with Crippen molar-refractivity contribution < 1.29 is 19.6 Å². The third-order valence-corrected chi connectivity index (χ3v) is 3.71. The normalized spacial score (nSPS) is 11.6. The van der Waals surface area contributed by atoms with E-state index in [9.17, 15) is 24.8 Å². The van der Waals surface area contributed by atoms with Crippen LogP contribution < -0.4 is 10.6 Å². The number of carbonyl (C=O) groups excluding carboxylic acids is 1. The van der Waals surface area contributed by atoms with Crippen LogP contribution in [0, 0.1) is 10.1 Å². The first-order chi connectivity index (χ1) is 12.4. The lowest BCUT2D eigenvalue weighted by Gasteiger charge is -2.14. The lowest BCUT2D eigenvalue weighted by molar-refractivity contribution is -0.384. The standard InChI is InChI=1S/C16H15ClN4O5/c17-12-4-3-11(6-14(12)21(25)26)20-15(22)7-13(16(23)24)19-9-10-2-1-5-18-8-10/h1-6,8,13,19H,7,9H2,(H,20,22)(H,23,24). The van der Waals surface area contributed by atoms with E-state index in [1.165, 1.54) is 12.1 Å². The molecule has 10 heteroatoms. The van der Waals surface area contributed by atoms with Gasteiger partial charge in [-0.2, -0.15) is 0 Å². The smallest absolute Gasteiger partial charge is 0.321 e. The molecular formula is C16H15ClN4O5. The lowest BCUT2D eigenvalue weighted by atomic mass is 10.1. The zero-order chi connectivity index (χ0) is 19.1. The number of carboxylic acid groups (broad SMARTS) is 1. The van der Waals surface area contributed by atoms with Crippen molar-refractivity contribution in [1.82, 2.24) is 10.3 Å². The number of amides is 1. The third-order valence-electron chi connectivity index (χ3n) is 3.39. The van der Waals surface area contributed by atoms with Gasteiger partial charge in [0, 0.05) is 30.7 Å². The Morgan fingerprint density at radius 2 is 2.12 bits per heavy atom. The predicted molar refractivity (Wildman–Crippen MR) is 93.9 cm³/mol. The monoisotopic (exact) mass is 378 g/mol. The van der Waals surface area contributed by atoms with E-state index in [0.29, 0.717) is 0 Å². The minimum atomic E-state index is -1.19. The first-order valence-electron chi connectivity index (χ1n) is 7.45. The number of nitrogens with zero attached hydrogens (tertiary/aromatic N) is 2. The fraction of sp³-hybridized carbons (Fsp3) is 0.188. The molecule has 1 heterocycles. The highest BCUT2D eigenvalue weighted by Crippen LogP contribution is 2.27. The molecule has 0 aliphatic rings. The molecule has 0 fully saturated rings. The molecule has 2 aromatic rings. The number of nitrogens with one attached hydrogen (secondary N) is 2. The van der Waals surface area contributed by atoms with Gasteiger partial charge in [0.05, 0.1) is 11.3 Å². The Morgan fingerprint density at radius 1 is 1.35 bits per heavy atom. The Hall–Kier alpha value is -3.04. The molecule has 9 nitrogen and oxygen atoms in total. The fourth-order valence-electron chi connectivity index (χ4n) is 2.12. The van der Waals surface area contributed by atoms with Crippen molar-refractivity contribution in [2.24, 2.45) is 0 Å². The number of nitro benzene ring substituents is 1. The summed E-state index contributed by atoms with van der Waals surface area (Å²) in [5.41, 5.74) is 0.573. The number of aliphatic carboxylic acids is 1. The van der Waals surface area contributed by atoms with Crippen molar-refractivity contribution in [2.45, 2.75) is 19.0 Å². The molecular weight excluding hydrogens is 364 g/mol. The zero-order valence-corrected chi connectivity index (χ0v) is 14.1. The lowest BCUT2D eigenvalue weighted by Crippen LogP contribution is -2.39. The Morgan fingerprint density at radius 3 is 2.73 bits per heavy atom. The summed E-state index contributed by atoms with van der Waals surface area (Å²) in [5, 5.41) is 25.2. The first kappa shape index (κ1) is 19.3. The van der Waals surface area contributed by atoms with Gasteiger partial charge in [-0.1, -0.05) is 17.7 Å². The highest BCUT2D eigenvalue weighted by molar-refractivity contribution is 6.32. The van der Waals surface area contributed by atoms with E-state index in [4.69, 9.17) is 11.6 Å². The topological polar surface area (TPSA) is 134 Å². The number of carbonyl (C=O) groups is 2. The van der Waals surface area contributed by atoms with Gasteiger partial charge in [-0.05, 0) is 23.8 Å². The van der Waals surface area contributed by atoms with Crippen molar-refractivity contribution in [3.8, 4) is 0 Å². The zero-order valence-electron chi connectivity index (χ0n) is 13.4. The van der Waals surface area contributed by atoms with Crippen molar-refractivity contribution >= 4 is 34.9 Å². The second-order valence-electron chi connectivity index (χ2n) is 5.31. The average Bonchev–Trinajstić information content (AvgIpc) is 2.60. The predicted octanol–water partition coefficient (Wildman–Crippen LogP) is 2.21. The van der Waals surface area contributed by atoms with Crippen LogP contribution in [-0.4, -0.2) is 32.9 Å². The van der Waals surface area contributed by atoms with Crippen molar-refractivity contribution in [2.75, 3.05) is 5.32 Å². The van der Waals surface area contributed by atoms with Crippen LogP contribution in [0.3, 0.4) is 0 Å². The molecule has 0 radical (unpaired) electrons. The van der Waals surface area contributed by atoms with Gasteiger partial charge in [0.15, 0.2) is 0 Å². The number of rotatable bonds is 8. The number of benzene rings is 1. The van der Waals surface area contributed by atoms with E-state index in [1.807, 2.05) is 0 Å². The van der Waals surface area contributed by atoms with Crippen LogP contribution in [0.4, 0.5) is 11.4 Å². The molecule has 1 aromatic heterocycles. The minimum absolute atomic E-state index is 0.0606. The molecule has 26 heavy (non-hydrogen) atoms. The molecule has 1 atom stereocenters. The van der Waals surface area contributed by atoms with E-state index < -0.39 is 22.8 Å². The first-order valence-corrected chi connectivity index (χ1v) is 7.83. The quantitative estimate of drug-likeness (QED) is 0.473. The largest absolute Gasteiger partial charge is 0.480 e. The number of halogens is 1. The number of carboxylic acids is 1. The van der Waals surface area contributed by atoms with Crippen LogP contribution in [0.5, 0.6) is 0 Å². The summed E-state index contributed by atoms with van der Waals surface area (Å²) in [6, 6.07) is 6.15. The van der Waals surface area contributed by atoms with Crippen LogP contribution in [0.1, 0.15) is 12.0 Å². The van der Waals surface area contributed by atoms with Gasteiger partial charge in [0.2, 0.25) is 5.91 Å². The van der Waals surface area contributed by atoms with E-state index >= 15 is 0 Å². The molecule has 2 rings (SSSR count). The number of pyridine rings is 1. The van der Waals surface area contributed by atoms with Gasteiger partial charge in [-0.3, -0.25) is 30.0 Å². The number of aromatic nitrogens is 1. The Balaban J connectivity index is 1.98. The number of anilines is 1. The Labute approximate surface area is 153 Å². The van der Waals surface area contributed by atoms with E-state index in [1.54, 1.807) is 24.5 Å². The maximum atomic E-state index is 12.1. The summed E-state index contributed by atoms with van der Waals surface area (Å²) < 4.78 is 0. The van der Waals surface area contributed by atoms with E-state index in [2.05, 4.69) is 15.6 Å². The minimum Gasteiger partial charge on any atom is -0.480 e. The highest BCUT2D eigenvalue weighted by atomic mass is 35.5. The van der Waals surface area contributed by atoms with Crippen LogP contribution >= 0.6 is 11.6 Å². The molecule has 1 aromatic carbocycles. The molecule has 1 unspecified atom stereocenters. The summed E-state index contributed by atoms with van der Waals surface area (Å²) in [7, 11) is 0. The molecule has 0 aliphatic carbocycles. The molecule has 1 amide bonds. The second-order valence-corrected chi connectivity index (χ2v) is 5.72. The van der Waals surface area contributed by atoms with Gasteiger partial charge in [-0.25, -0.2) is 0 Å². The van der Waals surface area contributed by atoms with Gasteiger partial charge in [0.1, 0.15) is 11.1 Å². The molecule has 3 N–H and O–H groups in total. The summed E-state index contributed by atoms with van der Waals surface area (Å²) in [6.07, 6.45) is 2.82. The van der Waals surface area contributed by atoms with Gasteiger partial charge >= 0.3 is 5.97 Å². The summed E-state index contributed by atoms with van der Waals surface area (Å²) >= 11 is 5.71. The van der Waals surface area contributed by atoms with E-state index in [-0.39, 0.29) is 29.4 Å². The number of hydrogen-bond acceptors (Lipinski definition) is 6.